The topological polar surface area (TPSA) is 110 Å². The minimum absolute atomic E-state index is 0.0734. The lowest BCUT2D eigenvalue weighted by Gasteiger charge is -2.34. The Hall–Kier alpha value is -1.99. The third kappa shape index (κ3) is 3.02. The van der Waals surface area contributed by atoms with Crippen LogP contribution in [0.3, 0.4) is 0 Å². The molecule has 0 aromatic carbocycles. The predicted octanol–water partition coefficient (Wildman–Crippen LogP) is 0.929. The standard InChI is InChI=1S/C20H26O7/c1-5-9(2)18(23)26-16-12(8-21)11-6-7-20(4,25)14(11)17-13(15(16)22)10(3)19(24)27-17/h5,8,11-17,22,25H,3,6-7H2,1-2,4H3/b9-5-/t11-,12-,13-,14-,15-,16+,17-,20-/m0/s1. The highest BCUT2D eigenvalue weighted by atomic mass is 16.6. The molecule has 3 fully saturated rings. The summed E-state index contributed by atoms with van der Waals surface area (Å²) in [6.45, 7) is 8.64. The van der Waals surface area contributed by atoms with Gasteiger partial charge in [-0.25, -0.2) is 9.59 Å². The Kier molecular flexibility index (Phi) is 5.03. The number of allylic oxidation sites excluding steroid dienone is 1. The number of hydrogen-bond donors (Lipinski definition) is 2. The molecule has 0 amide bonds. The van der Waals surface area contributed by atoms with E-state index in [0.29, 0.717) is 24.7 Å². The molecule has 0 radical (unpaired) electrons. The van der Waals surface area contributed by atoms with Crippen LogP contribution in [-0.2, 0) is 23.9 Å². The molecule has 2 N–H and O–H groups in total. The van der Waals surface area contributed by atoms with Crippen LogP contribution in [0.2, 0.25) is 0 Å². The van der Waals surface area contributed by atoms with Crippen molar-refractivity contribution >= 4 is 18.2 Å². The Labute approximate surface area is 158 Å². The van der Waals surface area contributed by atoms with Gasteiger partial charge in [0.2, 0.25) is 0 Å². The van der Waals surface area contributed by atoms with E-state index in [1.807, 2.05) is 0 Å². The van der Waals surface area contributed by atoms with Gasteiger partial charge in [-0.15, -0.1) is 0 Å². The molecular weight excluding hydrogens is 352 g/mol. The van der Waals surface area contributed by atoms with Gasteiger partial charge in [-0.05, 0) is 39.5 Å². The van der Waals surface area contributed by atoms with Crippen LogP contribution in [0.15, 0.2) is 23.8 Å². The van der Waals surface area contributed by atoms with E-state index in [2.05, 4.69) is 6.58 Å². The Morgan fingerprint density at radius 2 is 2.11 bits per heavy atom. The second-order valence-corrected chi connectivity index (χ2v) is 8.05. The van der Waals surface area contributed by atoms with Crippen molar-refractivity contribution in [3.8, 4) is 0 Å². The zero-order valence-corrected chi connectivity index (χ0v) is 15.8. The van der Waals surface area contributed by atoms with Gasteiger partial charge in [-0.2, -0.15) is 0 Å². The highest BCUT2D eigenvalue weighted by molar-refractivity contribution is 5.91. The number of carbonyl (C=O) groups excluding carboxylic acids is 3. The summed E-state index contributed by atoms with van der Waals surface area (Å²) in [5.41, 5.74) is -0.748. The second kappa shape index (κ2) is 6.87. The number of fused-ring (bicyclic) bond motifs is 3. The van der Waals surface area contributed by atoms with E-state index in [1.165, 1.54) is 0 Å². The molecule has 7 heteroatoms. The number of esters is 2. The first-order chi connectivity index (χ1) is 12.6. The Morgan fingerprint density at radius 3 is 2.70 bits per heavy atom. The molecule has 0 bridgehead atoms. The molecular formula is C20H26O7. The fourth-order valence-corrected chi connectivity index (χ4v) is 4.94. The number of hydrogen-bond acceptors (Lipinski definition) is 7. The van der Waals surface area contributed by atoms with Crippen molar-refractivity contribution in [2.24, 2.45) is 23.7 Å². The largest absolute Gasteiger partial charge is 0.458 e. The molecule has 2 saturated carbocycles. The first-order valence-electron chi connectivity index (χ1n) is 9.23. The molecule has 1 saturated heterocycles. The highest BCUT2D eigenvalue weighted by Crippen LogP contribution is 2.54. The molecule has 3 aliphatic rings. The van der Waals surface area contributed by atoms with Gasteiger partial charge in [0.1, 0.15) is 24.6 Å². The molecule has 0 spiro atoms. The summed E-state index contributed by atoms with van der Waals surface area (Å²) < 4.78 is 11.0. The number of aliphatic hydroxyl groups excluding tert-OH is 1. The summed E-state index contributed by atoms with van der Waals surface area (Å²) in [4.78, 5) is 36.4. The van der Waals surface area contributed by atoms with E-state index in [4.69, 9.17) is 9.47 Å². The van der Waals surface area contributed by atoms with Crippen molar-refractivity contribution in [1.29, 1.82) is 0 Å². The summed E-state index contributed by atoms with van der Waals surface area (Å²) in [6, 6.07) is 0. The zero-order valence-electron chi connectivity index (χ0n) is 15.8. The van der Waals surface area contributed by atoms with Gasteiger partial charge in [0.15, 0.2) is 0 Å². The maximum Gasteiger partial charge on any atom is 0.334 e. The van der Waals surface area contributed by atoms with E-state index in [9.17, 15) is 24.6 Å². The van der Waals surface area contributed by atoms with Crippen LogP contribution in [0.5, 0.6) is 0 Å². The Morgan fingerprint density at radius 1 is 1.44 bits per heavy atom. The third-order valence-corrected chi connectivity index (χ3v) is 6.51. The molecule has 8 atom stereocenters. The molecule has 0 aromatic heterocycles. The van der Waals surface area contributed by atoms with E-state index < -0.39 is 53.6 Å². The summed E-state index contributed by atoms with van der Waals surface area (Å²) in [5, 5.41) is 21.9. The van der Waals surface area contributed by atoms with Gasteiger partial charge >= 0.3 is 11.9 Å². The monoisotopic (exact) mass is 378 g/mol. The lowest BCUT2D eigenvalue weighted by Crippen LogP contribution is -2.45. The highest BCUT2D eigenvalue weighted by Gasteiger charge is 2.63. The van der Waals surface area contributed by atoms with Crippen LogP contribution in [-0.4, -0.2) is 52.4 Å². The maximum atomic E-state index is 12.3. The summed E-state index contributed by atoms with van der Waals surface area (Å²) in [6.07, 6.45) is -0.115. The van der Waals surface area contributed by atoms with Crippen LogP contribution in [0, 0.1) is 23.7 Å². The summed E-state index contributed by atoms with van der Waals surface area (Å²) in [7, 11) is 0. The fraction of sp³-hybridized carbons (Fsp3) is 0.650. The average Bonchev–Trinajstić information content (AvgIpc) is 3.05. The molecule has 3 rings (SSSR count). The number of rotatable bonds is 3. The number of carbonyl (C=O) groups is 3. The van der Waals surface area contributed by atoms with E-state index >= 15 is 0 Å². The van der Waals surface area contributed by atoms with E-state index in [1.54, 1.807) is 26.8 Å². The maximum absolute atomic E-state index is 12.3. The number of ether oxygens (including phenoxy) is 2. The zero-order chi connectivity index (χ0) is 20.1. The van der Waals surface area contributed by atoms with Crippen LogP contribution in [0.4, 0.5) is 0 Å². The predicted molar refractivity (Wildman–Crippen MR) is 94.2 cm³/mol. The third-order valence-electron chi connectivity index (χ3n) is 6.51. The quantitative estimate of drug-likeness (QED) is 0.427. The molecule has 27 heavy (non-hydrogen) atoms. The molecule has 0 unspecified atom stereocenters. The smallest absolute Gasteiger partial charge is 0.334 e. The Balaban J connectivity index is 2.07. The normalized spacial score (nSPS) is 44.2. The van der Waals surface area contributed by atoms with Gasteiger partial charge in [-0.3, -0.25) is 0 Å². The second-order valence-electron chi connectivity index (χ2n) is 8.05. The van der Waals surface area contributed by atoms with Crippen molar-refractivity contribution < 1.29 is 34.1 Å². The molecule has 0 aromatic rings. The summed E-state index contributed by atoms with van der Waals surface area (Å²) >= 11 is 0. The van der Waals surface area contributed by atoms with Gasteiger partial charge in [0.25, 0.3) is 0 Å². The average molecular weight is 378 g/mol. The lowest BCUT2D eigenvalue weighted by molar-refractivity contribution is -0.158. The van der Waals surface area contributed by atoms with Crippen molar-refractivity contribution in [2.45, 2.75) is 57.5 Å². The first kappa shape index (κ1) is 19.8. The van der Waals surface area contributed by atoms with Gasteiger partial charge in [-0.1, -0.05) is 12.7 Å². The molecule has 1 heterocycles. The lowest BCUT2D eigenvalue weighted by atomic mass is 9.76. The first-order valence-corrected chi connectivity index (χ1v) is 9.23. The van der Waals surface area contributed by atoms with Crippen LogP contribution in [0.25, 0.3) is 0 Å². The van der Waals surface area contributed by atoms with Gasteiger partial charge in [0.05, 0.1) is 17.4 Å². The fourth-order valence-electron chi connectivity index (χ4n) is 4.94. The van der Waals surface area contributed by atoms with Crippen LogP contribution >= 0.6 is 0 Å². The molecule has 1 aliphatic heterocycles. The van der Waals surface area contributed by atoms with Crippen molar-refractivity contribution in [2.75, 3.05) is 0 Å². The van der Waals surface area contributed by atoms with Gasteiger partial charge in [0, 0.05) is 17.1 Å². The van der Waals surface area contributed by atoms with E-state index in [0.717, 1.165) is 0 Å². The number of aliphatic hydroxyl groups is 2. The SMILES string of the molecule is C=C1C(=O)O[C@H]2[C@@H]1[C@H](O)[C@H](OC(=O)/C(C)=C\C)[C@@H](C=O)[C@@H]1CC[C@](C)(O)[C@@H]12. The molecule has 148 valence electrons. The van der Waals surface area contributed by atoms with Gasteiger partial charge < -0.3 is 24.5 Å². The summed E-state index contributed by atoms with van der Waals surface area (Å²) in [5.74, 6) is -3.87. The molecule has 2 aliphatic carbocycles. The van der Waals surface area contributed by atoms with Crippen LogP contribution < -0.4 is 0 Å². The minimum atomic E-state index is -1.33. The van der Waals surface area contributed by atoms with Crippen molar-refractivity contribution in [1.82, 2.24) is 0 Å². The number of aldehydes is 1. The minimum Gasteiger partial charge on any atom is -0.458 e. The van der Waals surface area contributed by atoms with Crippen molar-refractivity contribution in [3.05, 3.63) is 23.8 Å². The van der Waals surface area contributed by atoms with E-state index in [-0.39, 0.29) is 11.5 Å². The Bertz CT molecular complexity index is 707. The van der Waals surface area contributed by atoms with Crippen LogP contribution in [0.1, 0.15) is 33.6 Å². The molecule has 7 nitrogen and oxygen atoms in total. The van der Waals surface area contributed by atoms with Crippen molar-refractivity contribution in [3.63, 3.8) is 0 Å².